The van der Waals surface area contributed by atoms with Crippen molar-refractivity contribution >= 4 is 15.9 Å². The Morgan fingerprint density at radius 1 is 1.16 bits per heavy atom. The first-order valence-corrected chi connectivity index (χ1v) is 6.74. The lowest BCUT2D eigenvalue weighted by Gasteiger charge is -2.14. The lowest BCUT2D eigenvalue weighted by molar-refractivity contribution is 0.190. The molecule has 1 atom stereocenters. The van der Waals surface area contributed by atoms with Crippen LogP contribution in [0.25, 0.3) is 0 Å². The molecule has 2 N–H and O–H groups in total. The number of aromatic hydroxyl groups is 1. The van der Waals surface area contributed by atoms with Gasteiger partial charge in [0.1, 0.15) is 18.1 Å². The Morgan fingerprint density at radius 3 is 2.47 bits per heavy atom. The second kappa shape index (κ2) is 6.08. The van der Waals surface area contributed by atoms with Crippen LogP contribution in [0.5, 0.6) is 11.5 Å². The van der Waals surface area contributed by atoms with E-state index in [1.165, 1.54) is 0 Å². The van der Waals surface area contributed by atoms with Gasteiger partial charge in [0.05, 0.1) is 6.10 Å². The van der Waals surface area contributed by atoms with Crippen LogP contribution in [0, 0.1) is 0 Å². The second-order valence-corrected chi connectivity index (χ2v) is 5.23. The van der Waals surface area contributed by atoms with Gasteiger partial charge >= 0.3 is 0 Å². The predicted octanol–water partition coefficient (Wildman–Crippen LogP) is 3.79. The Kier molecular flexibility index (Phi) is 4.45. The quantitative estimate of drug-likeness (QED) is 0.900. The molecule has 2 aromatic rings. The van der Waals surface area contributed by atoms with Gasteiger partial charge in [-0.3, -0.25) is 0 Å². The van der Waals surface area contributed by atoms with Crippen LogP contribution in [-0.2, 0) is 6.61 Å². The minimum Gasteiger partial charge on any atom is -0.508 e. The molecule has 0 saturated carbocycles. The van der Waals surface area contributed by atoms with E-state index in [-0.39, 0.29) is 5.75 Å². The molecule has 19 heavy (non-hydrogen) atoms. The van der Waals surface area contributed by atoms with E-state index in [9.17, 15) is 10.2 Å². The van der Waals surface area contributed by atoms with Gasteiger partial charge in [0, 0.05) is 10.0 Å². The van der Waals surface area contributed by atoms with Crippen LogP contribution in [0.1, 0.15) is 24.2 Å². The number of aliphatic hydroxyl groups is 1. The summed E-state index contributed by atoms with van der Waals surface area (Å²) in [4.78, 5) is 0. The number of hydrogen-bond donors (Lipinski definition) is 2. The van der Waals surface area contributed by atoms with Gasteiger partial charge in [-0.05, 0) is 36.8 Å². The molecule has 0 spiro atoms. The maximum absolute atomic E-state index is 9.70. The molecular weight excluding hydrogens is 308 g/mol. The summed E-state index contributed by atoms with van der Waals surface area (Å²) < 4.78 is 6.63. The Hall–Kier alpha value is -1.52. The monoisotopic (exact) mass is 322 g/mol. The molecule has 0 radical (unpaired) electrons. The van der Waals surface area contributed by atoms with Crippen LogP contribution in [0.4, 0.5) is 0 Å². The van der Waals surface area contributed by atoms with Gasteiger partial charge in [-0.1, -0.05) is 34.1 Å². The summed E-state index contributed by atoms with van der Waals surface area (Å²) in [5.74, 6) is 0.883. The van der Waals surface area contributed by atoms with E-state index < -0.39 is 6.10 Å². The first-order valence-electron chi connectivity index (χ1n) is 5.94. The van der Waals surface area contributed by atoms with Crippen molar-refractivity contribution in [3.63, 3.8) is 0 Å². The molecule has 2 aromatic carbocycles. The number of benzene rings is 2. The van der Waals surface area contributed by atoms with E-state index in [2.05, 4.69) is 15.9 Å². The molecule has 0 aromatic heterocycles. The van der Waals surface area contributed by atoms with Crippen LogP contribution >= 0.6 is 15.9 Å². The summed E-state index contributed by atoms with van der Waals surface area (Å²) in [6, 6.07) is 12.4. The molecular formula is C15H15BrO3. The van der Waals surface area contributed by atoms with Gasteiger partial charge in [0.25, 0.3) is 0 Å². The summed E-state index contributed by atoms with van der Waals surface area (Å²) in [6.45, 7) is 2.09. The fourth-order valence-electron chi connectivity index (χ4n) is 1.73. The summed E-state index contributed by atoms with van der Waals surface area (Å²) in [5, 5.41) is 18.9. The van der Waals surface area contributed by atoms with Gasteiger partial charge in [0.15, 0.2) is 0 Å². The van der Waals surface area contributed by atoms with Gasteiger partial charge in [0.2, 0.25) is 0 Å². The molecule has 0 fully saturated rings. The Labute approximate surface area is 120 Å². The molecule has 0 bridgehead atoms. The zero-order valence-electron chi connectivity index (χ0n) is 10.5. The topological polar surface area (TPSA) is 49.7 Å². The van der Waals surface area contributed by atoms with Crippen LogP contribution in [-0.4, -0.2) is 10.2 Å². The highest BCUT2D eigenvalue weighted by molar-refractivity contribution is 9.10. The van der Waals surface area contributed by atoms with Crippen molar-refractivity contribution in [1.29, 1.82) is 0 Å². The minimum absolute atomic E-state index is 0.232. The maximum atomic E-state index is 9.70. The average molecular weight is 323 g/mol. The van der Waals surface area contributed by atoms with Crippen molar-refractivity contribution in [2.75, 3.05) is 0 Å². The van der Waals surface area contributed by atoms with Gasteiger partial charge in [-0.25, -0.2) is 0 Å². The van der Waals surface area contributed by atoms with E-state index in [1.807, 2.05) is 18.2 Å². The smallest absolute Gasteiger partial charge is 0.126 e. The van der Waals surface area contributed by atoms with E-state index in [1.54, 1.807) is 31.2 Å². The number of aliphatic hydroxyl groups excluding tert-OH is 1. The van der Waals surface area contributed by atoms with E-state index >= 15 is 0 Å². The zero-order valence-corrected chi connectivity index (χ0v) is 12.1. The average Bonchev–Trinajstić information content (AvgIpc) is 2.38. The van der Waals surface area contributed by atoms with Crippen molar-refractivity contribution in [3.8, 4) is 11.5 Å². The lowest BCUT2D eigenvalue weighted by atomic mass is 10.1. The van der Waals surface area contributed by atoms with E-state index in [0.717, 1.165) is 15.6 Å². The van der Waals surface area contributed by atoms with Crippen molar-refractivity contribution in [1.82, 2.24) is 0 Å². The highest BCUT2D eigenvalue weighted by atomic mass is 79.9. The fraction of sp³-hybridized carbons (Fsp3) is 0.200. The molecule has 0 aliphatic carbocycles. The molecule has 0 aliphatic rings. The number of rotatable bonds is 4. The summed E-state index contributed by atoms with van der Waals surface area (Å²) in [7, 11) is 0. The minimum atomic E-state index is -0.581. The predicted molar refractivity (Wildman–Crippen MR) is 77.2 cm³/mol. The number of ether oxygens (including phenoxy) is 1. The lowest BCUT2D eigenvalue weighted by Crippen LogP contribution is -2.01. The zero-order chi connectivity index (χ0) is 13.8. The van der Waals surface area contributed by atoms with E-state index in [4.69, 9.17) is 4.74 Å². The van der Waals surface area contributed by atoms with Crippen LogP contribution in [0.2, 0.25) is 0 Å². The molecule has 0 amide bonds. The summed E-state index contributed by atoms with van der Waals surface area (Å²) in [6.07, 6.45) is -0.581. The summed E-state index contributed by atoms with van der Waals surface area (Å²) >= 11 is 3.39. The maximum Gasteiger partial charge on any atom is 0.126 e. The Bertz CT molecular complexity index is 550. The third-order valence-corrected chi connectivity index (χ3v) is 3.25. The standard InChI is InChI=1S/C15H15BrO3/c1-10(17)14-7-4-12(16)8-15(14)19-9-11-2-5-13(18)6-3-11/h2-8,10,17-18H,9H2,1H3/t10-/m0/s1. The number of phenolic OH excluding ortho intramolecular Hbond substituents is 1. The van der Waals surface area contributed by atoms with Crippen molar-refractivity contribution in [2.45, 2.75) is 19.6 Å². The van der Waals surface area contributed by atoms with Crippen molar-refractivity contribution in [2.24, 2.45) is 0 Å². The highest BCUT2D eigenvalue weighted by Crippen LogP contribution is 2.29. The van der Waals surface area contributed by atoms with Crippen LogP contribution in [0.15, 0.2) is 46.9 Å². The van der Waals surface area contributed by atoms with Crippen molar-refractivity contribution in [3.05, 3.63) is 58.1 Å². The molecule has 0 heterocycles. The largest absolute Gasteiger partial charge is 0.508 e. The highest BCUT2D eigenvalue weighted by Gasteiger charge is 2.09. The SMILES string of the molecule is C[C@H](O)c1ccc(Br)cc1OCc1ccc(O)cc1. The molecule has 100 valence electrons. The van der Waals surface area contributed by atoms with Crippen LogP contribution < -0.4 is 4.74 Å². The Morgan fingerprint density at radius 2 is 1.84 bits per heavy atom. The number of halogens is 1. The molecule has 3 nitrogen and oxygen atoms in total. The molecule has 4 heteroatoms. The van der Waals surface area contributed by atoms with Crippen LogP contribution in [0.3, 0.4) is 0 Å². The van der Waals surface area contributed by atoms with E-state index in [0.29, 0.717) is 12.4 Å². The third-order valence-electron chi connectivity index (χ3n) is 2.76. The Balaban J connectivity index is 2.14. The number of phenols is 1. The normalized spacial score (nSPS) is 12.2. The fourth-order valence-corrected chi connectivity index (χ4v) is 2.07. The first-order chi connectivity index (χ1) is 9.06. The van der Waals surface area contributed by atoms with Gasteiger partial charge in [-0.2, -0.15) is 0 Å². The molecule has 0 aliphatic heterocycles. The third kappa shape index (κ3) is 3.72. The number of hydrogen-bond acceptors (Lipinski definition) is 3. The molecule has 0 unspecified atom stereocenters. The second-order valence-electron chi connectivity index (χ2n) is 4.31. The van der Waals surface area contributed by atoms with Gasteiger partial charge in [-0.15, -0.1) is 0 Å². The summed E-state index contributed by atoms with van der Waals surface area (Å²) in [5.41, 5.74) is 1.70. The van der Waals surface area contributed by atoms with Gasteiger partial charge < -0.3 is 14.9 Å². The molecule has 0 saturated heterocycles. The van der Waals surface area contributed by atoms with Crippen molar-refractivity contribution < 1.29 is 14.9 Å². The first kappa shape index (κ1) is 13.9. The molecule has 2 rings (SSSR count).